The van der Waals surface area contributed by atoms with Gasteiger partial charge in [-0.15, -0.1) is 0 Å². The minimum absolute atomic E-state index is 0.0698. The maximum atomic E-state index is 11.9. The van der Waals surface area contributed by atoms with Crippen LogP contribution >= 0.6 is 0 Å². The van der Waals surface area contributed by atoms with Gasteiger partial charge in [-0.3, -0.25) is 4.79 Å². The van der Waals surface area contributed by atoms with E-state index in [0.717, 1.165) is 6.54 Å². The van der Waals surface area contributed by atoms with Crippen LogP contribution in [0.4, 0.5) is 0 Å². The lowest BCUT2D eigenvalue weighted by atomic mass is 9.91. The molecule has 0 radical (unpaired) electrons. The van der Waals surface area contributed by atoms with Gasteiger partial charge in [-0.1, -0.05) is 60.7 Å². The van der Waals surface area contributed by atoms with Crippen LogP contribution in [0.2, 0.25) is 0 Å². The first-order chi connectivity index (χ1) is 13.7. The Kier molecular flexibility index (Phi) is 9.58. The number of rotatable bonds is 10. The largest absolute Gasteiger partial charge is 0.383 e. The van der Waals surface area contributed by atoms with Crippen LogP contribution in [0.5, 0.6) is 0 Å². The first kappa shape index (κ1) is 21.4. The van der Waals surface area contributed by atoms with Crippen molar-refractivity contribution >= 4 is 11.9 Å². The number of ether oxygens (including phenoxy) is 1. The van der Waals surface area contributed by atoms with E-state index in [0.29, 0.717) is 25.7 Å². The Morgan fingerprint density at radius 3 is 2.11 bits per heavy atom. The van der Waals surface area contributed by atoms with E-state index in [1.165, 1.54) is 11.1 Å². The van der Waals surface area contributed by atoms with Gasteiger partial charge in [-0.05, 0) is 18.1 Å². The van der Waals surface area contributed by atoms with Crippen molar-refractivity contribution in [3.63, 3.8) is 0 Å². The molecule has 2 aromatic carbocycles. The zero-order chi connectivity index (χ0) is 20.0. The highest BCUT2D eigenvalue weighted by Gasteiger charge is 2.14. The summed E-state index contributed by atoms with van der Waals surface area (Å²) >= 11 is 0. The second-order valence-electron chi connectivity index (χ2n) is 6.29. The van der Waals surface area contributed by atoms with Gasteiger partial charge in [0.05, 0.1) is 6.61 Å². The predicted molar refractivity (Wildman–Crippen MR) is 114 cm³/mol. The zero-order valence-electron chi connectivity index (χ0n) is 16.7. The highest BCUT2D eigenvalue weighted by Crippen LogP contribution is 2.23. The van der Waals surface area contributed by atoms with E-state index in [4.69, 9.17) is 4.74 Å². The molecule has 0 fully saturated rings. The van der Waals surface area contributed by atoms with Crippen LogP contribution in [-0.2, 0) is 9.53 Å². The van der Waals surface area contributed by atoms with Gasteiger partial charge in [0.2, 0.25) is 5.91 Å². The lowest BCUT2D eigenvalue weighted by Crippen LogP contribution is -2.40. The summed E-state index contributed by atoms with van der Waals surface area (Å²) in [7, 11) is 1.60. The lowest BCUT2D eigenvalue weighted by Gasteiger charge is -2.20. The molecule has 0 saturated heterocycles. The quantitative estimate of drug-likeness (QED) is 0.334. The summed E-state index contributed by atoms with van der Waals surface area (Å²) < 4.78 is 4.93. The molecule has 6 heteroatoms. The average Bonchev–Trinajstić information content (AvgIpc) is 2.74. The number of hydrogen-bond acceptors (Lipinski definition) is 3. The molecule has 2 rings (SSSR count). The molecule has 0 aliphatic rings. The number of amides is 1. The molecule has 0 bridgehead atoms. The molecule has 6 nitrogen and oxygen atoms in total. The number of carbonyl (C=O) groups is 1. The number of guanidine groups is 1. The molecule has 28 heavy (non-hydrogen) atoms. The molecular weight excluding hydrogens is 352 g/mol. The molecule has 0 aliphatic carbocycles. The summed E-state index contributed by atoms with van der Waals surface area (Å²) in [6.45, 7) is 4.44. The van der Waals surface area contributed by atoms with Crippen molar-refractivity contribution < 1.29 is 9.53 Å². The molecule has 150 valence electrons. The van der Waals surface area contributed by atoms with Crippen molar-refractivity contribution in [3.05, 3.63) is 71.8 Å². The number of hydrogen-bond donors (Lipinski definition) is 3. The molecule has 0 unspecified atom stereocenters. The summed E-state index contributed by atoms with van der Waals surface area (Å²) in [6.07, 6.45) is 0. The third kappa shape index (κ3) is 7.40. The Labute approximate surface area is 167 Å². The monoisotopic (exact) mass is 382 g/mol. The third-order valence-electron chi connectivity index (χ3n) is 4.23. The number of methoxy groups -OCH3 is 1. The second-order valence-corrected chi connectivity index (χ2v) is 6.29. The molecule has 0 aliphatic heterocycles. The van der Waals surface area contributed by atoms with Gasteiger partial charge in [0, 0.05) is 32.7 Å². The first-order valence-electron chi connectivity index (χ1n) is 9.62. The average molecular weight is 383 g/mol. The molecule has 0 atom stereocenters. The fourth-order valence-corrected chi connectivity index (χ4v) is 2.84. The lowest BCUT2D eigenvalue weighted by molar-refractivity contribution is -0.119. The maximum absolute atomic E-state index is 11.9. The topological polar surface area (TPSA) is 74.8 Å². The van der Waals surface area contributed by atoms with Crippen LogP contribution in [0.15, 0.2) is 65.7 Å². The van der Waals surface area contributed by atoms with Crippen molar-refractivity contribution in [2.45, 2.75) is 12.8 Å². The van der Waals surface area contributed by atoms with Crippen molar-refractivity contribution in [2.75, 3.05) is 39.9 Å². The fourth-order valence-electron chi connectivity index (χ4n) is 2.84. The van der Waals surface area contributed by atoms with Gasteiger partial charge in [0.25, 0.3) is 0 Å². The minimum atomic E-state index is -0.128. The van der Waals surface area contributed by atoms with Crippen LogP contribution in [0.25, 0.3) is 0 Å². The van der Waals surface area contributed by atoms with E-state index in [9.17, 15) is 4.79 Å². The van der Waals surface area contributed by atoms with Crippen LogP contribution in [0, 0.1) is 0 Å². The third-order valence-corrected chi connectivity index (χ3v) is 4.23. The van der Waals surface area contributed by atoms with Gasteiger partial charge in [0.1, 0.15) is 6.54 Å². The van der Waals surface area contributed by atoms with Gasteiger partial charge in [-0.2, -0.15) is 0 Å². The molecule has 1 amide bonds. The van der Waals surface area contributed by atoms with Gasteiger partial charge >= 0.3 is 0 Å². The van der Waals surface area contributed by atoms with E-state index in [1.54, 1.807) is 7.11 Å². The van der Waals surface area contributed by atoms with Crippen molar-refractivity contribution in [3.8, 4) is 0 Å². The minimum Gasteiger partial charge on any atom is -0.383 e. The molecule has 0 aromatic heterocycles. The number of nitrogens with one attached hydrogen (secondary N) is 3. The van der Waals surface area contributed by atoms with Gasteiger partial charge in [-0.25, -0.2) is 4.99 Å². The molecule has 3 N–H and O–H groups in total. The summed E-state index contributed by atoms with van der Waals surface area (Å²) in [5.74, 6) is 0.681. The van der Waals surface area contributed by atoms with Crippen LogP contribution in [0.1, 0.15) is 24.0 Å². The summed E-state index contributed by atoms with van der Waals surface area (Å²) in [5, 5.41) is 9.34. The first-order valence-corrected chi connectivity index (χ1v) is 9.62. The molecular formula is C22H30N4O2. The highest BCUT2D eigenvalue weighted by atomic mass is 16.5. The summed E-state index contributed by atoms with van der Waals surface area (Å²) in [4.78, 5) is 16.3. The van der Waals surface area contributed by atoms with Gasteiger partial charge in [0.15, 0.2) is 5.96 Å². The Bertz CT molecular complexity index is 680. The smallest absolute Gasteiger partial charge is 0.241 e. The van der Waals surface area contributed by atoms with E-state index in [2.05, 4.69) is 69.5 Å². The standard InChI is InChI=1S/C22H30N4O2/c1-3-23-22(26-17-21(27)24-14-15-28-2)25-16-20(18-10-6-4-7-11-18)19-12-8-5-9-13-19/h4-13,20H,3,14-17H2,1-2H3,(H,24,27)(H2,23,25,26). The number of aliphatic imine (C=N–C) groups is 1. The Morgan fingerprint density at radius 1 is 0.964 bits per heavy atom. The van der Waals surface area contributed by atoms with Crippen LogP contribution in [-0.4, -0.2) is 51.8 Å². The van der Waals surface area contributed by atoms with Crippen molar-refractivity contribution in [1.29, 1.82) is 0 Å². The Balaban J connectivity index is 2.03. The Hall–Kier alpha value is -2.86. The molecule has 0 heterocycles. The van der Waals surface area contributed by atoms with E-state index in [1.807, 2.05) is 19.1 Å². The van der Waals surface area contributed by atoms with E-state index >= 15 is 0 Å². The highest BCUT2D eigenvalue weighted by molar-refractivity contribution is 5.84. The van der Waals surface area contributed by atoms with E-state index < -0.39 is 0 Å². The zero-order valence-corrected chi connectivity index (χ0v) is 16.7. The SMILES string of the molecule is CCNC(=NCC(=O)NCCOC)NCC(c1ccccc1)c1ccccc1. The van der Waals surface area contributed by atoms with E-state index in [-0.39, 0.29) is 18.4 Å². The number of benzene rings is 2. The summed E-state index contributed by atoms with van der Waals surface area (Å²) in [5.41, 5.74) is 2.46. The van der Waals surface area contributed by atoms with Crippen LogP contribution < -0.4 is 16.0 Å². The molecule has 0 spiro atoms. The van der Waals surface area contributed by atoms with Crippen molar-refractivity contribution in [2.24, 2.45) is 4.99 Å². The fraction of sp³-hybridized carbons (Fsp3) is 0.364. The number of nitrogens with zero attached hydrogens (tertiary/aromatic N) is 1. The maximum Gasteiger partial charge on any atom is 0.241 e. The predicted octanol–water partition coefficient (Wildman–Crippen LogP) is 2.14. The number of carbonyl (C=O) groups excluding carboxylic acids is 1. The molecule has 0 saturated carbocycles. The normalized spacial score (nSPS) is 11.3. The molecule has 2 aromatic rings. The van der Waals surface area contributed by atoms with Crippen LogP contribution in [0.3, 0.4) is 0 Å². The van der Waals surface area contributed by atoms with Crippen molar-refractivity contribution in [1.82, 2.24) is 16.0 Å². The Morgan fingerprint density at radius 2 is 1.57 bits per heavy atom. The second kappa shape index (κ2) is 12.5. The summed E-state index contributed by atoms with van der Waals surface area (Å²) in [6, 6.07) is 20.8. The van der Waals surface area contributed by atoms with Gasteiger partial charge < -0.3 is 20.7 Å².